The Balaban J connectivity index is 1.61. The van der Waals surface area contributed by atoms with Gasteiger partial charge in [0.2, 0.25) is 11.8 Å². The molecule has 2 aromatic heterocycles. The maximum Gasteiger partial charge on any atom is 0.264 e. The number of aromatic nitrogens is 2. The Labute approximate surface area is 167 Å². The number of hydrogen-bond acceptors (Lipinski definition) is 6. The lowest BCUT2D eigenvalue weighted by Crippen LogP contribution is -2.16. The topological polar surface area (TPSA) is 123 Å². The summed E-state index contributed by atoms with van der Waals surface area (Å²) >= 11 is 0. The molecule has 152 valence electrons. The SMILES string of the molecule is Cc1noc(NS(=O)(=O)c2ccc(NC(=O)CCn3cccc3C=O)cc2)c1C. The number of amides is 1. The molecule has 3 aromatic rings. The van der Waals surface area contributed by atoms with Gasteiger partial charge in [0, 0.05) is 30.4 Å². The lowest BCUT2D eigenvalue weighted by molar-refractivity contribution is -0.116. The number of nitrogens with zero attached hydrogens (tertiary/aromatic N) is 2. The molecule has 1 aromatic carbocycles. The van der Waals surface area contributed by atoms with Gasteiger partial charge in [-0.25, -0.2) is 13.1 Å². The van der Waals surface area contributed by atoms with Gasteiger partial charge in [-0.15, -0.1) is 0 Å². The molecular formula is C19H20N4O5S. The minimum Gasteiger partial charge on any atom is -0.345 e. The van der Waals surface area contributed by atoms with Gasteiger partial charge in [-0.1, -0.05) is 5.16 Å². The Hall–Kier alpha value is -3.40. The molecule has 0 saturated heterocycles. The molecule has 0 radical (unpaired) electrons. The minimum absolute atomic E-state index is 0.0203. The number of anilines is 2. The number of carbonyl (C=O) groups excluding carboxylic acids is 2. The van der Waals surface area contributed by atoms with Crippen molar-refractivity contribution >= 4 is 33.8 Å². The van der Waals surface area contributed by atoms with Gasteiger partial charge in [-0.2, -0.15) is 0 Å². The standard InChI is InChI=1S/C19H20N4O5S/c1-13-14(2)21-28-19(13)22-29(26,27)17-7-5-15(6-8-17)20-18(25)9-11-23-10-3-4-16(23)12-24/h3-8,10,12,22H,9,11H2,1-2H3,(H,20,25). The minimum atomic E-state index is -3.85. The van der Waals surface area contributed by atoms with Crippen LogP contribution in [-0.2, 0) is 21.4 Å². The van der Waals surface area contributed by atoms with Crippen molar-refractivity contribution < 1.29 is 22.5 Å². The molecule has 0 unspecified atom stereocenters. The van der Waals surface area contributed by atoms with Gasteiger partial charge in [0.25, 0.3) is 10.0 Å². The van der Waals surface area contributed by atoms with Crippen molar-refractivity contribution in [1.82, 2.24) is 9.72 Å². The smallest absolute Gasteiger partial charge is 0.264 e. The summed E-state index contributed by atoms with van der Waals surface area (Å²) in [5.41, 5.74) is 2.17. The van der Waals surface area contributed by atoms with Crippen LogP contribution in [0.4, 0.5) is 11.6 Å². The molecule has 2 heterocycles. The predicted molar refractivity (Wildman–Crippen MR) is 106 cm³/mol. The van der Waals surface area contributed by atoms with Gasteiger partial charge >= 0.3 is 0 Å². The third kappa shape index (κ3) is 4.72. The van der Waals surface area contributed by atoms with Gasteiger partial charge in [0.05, 0.1) is 16.3 Å². The van der Waals surface area contributed by atoms with Gasteiger partial charge in [0.15, 0.2) is 6.29 Å². The third-order valence-electron chi connectivity index (χ3n) is 4.40. The second kappa shape index (κ2) is 8.31. The second-order valence-corrected chi connectivity index (χ2v) is 8.08. The molecular weight excluding hydrogens is 396 g/mol. The number of rotatable bonds is 8. The molecule has 0 bridgehead atoms. The predicted octanol–water partition coefficient (Wildman–Crippen LogP) is 2.74. The average molecular weight is 416 g/mol. The van der Waals surface area contributed by atoms with Crippen LogP contribution < -0.4 is 10.0 Å². The van der Waals surface area contributed by atoms with Gasteiger partial charge in [0.1, 0.15) is 0 Å². The Morgan fingerprint density at radius 3 is 2.55 bits per heavy atom. The fourth-order valence-corrected chi connectivity index (χ4v) is 3.64. The molecule has 0 fully saturated rings. The second-order valence-electron chi connectivity index (χ2n) is 6.39. The van der Waals surface area contributed by atoms with E-state index in [4.69, 9.17) is 4.52 Å². The molecule has 0 aliphatic heterocycles. The van der Waals surface area contributed by atoms with Gasteiger partial charge in [-0.05, 0) is 50.2 Å². The summed E-state index contributed by atoms with van der Waals surface area (Å²) in [6.45, 7) is 3.78. The van der Waals surface area contributed by atoms with E-state index >= 15 is 0 Å². The van der Waals surface area contributed by atoms with Crippen LogP contribution in [0.25, 0.3) is 0 Å². The highest BCUT2D eigenvalue weighted by Crippen LogP contribution is 2.22. The zero-order valence-corrected chi connectivity index (χ0v) is 16.7. The van der Waals surface area contributed by atoms with E-state index in [0.29, 0.717) is 29.2 Å². The monoisotopic (exact) mass is 416 g/mol. The Kier molecular flexibility index (Phi) is 5.83. The first kappa shape index (κ1) is 20.3. The number of aldehydes is 1. The van der Waals surface area contributed by atoms with E-state index in [1.807, 2.05) is 0 Å². The van der Waals surface area contributed by atoms with Crippen LogP contribution in [0, 0.1) is 13.8 Å². The number of nitrogens with one attached hydrogen (secondary N) is 2. The van der Waals surface area contributed by atoms with Crippen LogP contribution >= 0.6 is 0 Å². The summed E-state index contributed by atoms with van der Waals surface area (Å²) in [4.78, 5) is 23.0. The van der Waals surface area contributed by atoms with Crippen molar-refractivity contribution in [2.45, 2.75) is 31.7 Å². The van der Waals surface area contributed by atoms with Gasteiger partial charge in [-0.3, -0.25) is 9.59 Å². The maximum absolute atomic E-state index is 12.5. The van der Waals surface area contributed by atoms with Gasteiger partial charge < -0.3 is 14.4 Å². The van der Waals surface area contributed by atoms with Crippen molar-refractivity contribution in [1.29, 1.82) is 0 Å². The largest absolute Gasteiger partial charge is 0.345 e. The zero-order valence-electron chi connectivity index (χ0n) is 15.9. The highest BCUT2D eigenvalue weighted by molar-refractivity contribution is 7.92. The molecule has 0 spiro atoms. The highest BCUT2D eigenvalue weighted by Gasteiger charge is 2.19. The third-order valence-corrected chi connectivity index (χ3v) is 5.74. The average Bonchev–Trinajstić information content (AvgIpc) is 3.28. The van der Waals surface area contributed by atoms with Crippen LogP contribution in [0.15, 0.2) is 52.0 Å². The quantitative estimate of drug-likeness (QED) is 0.544. The summed E-state index contributed by atoms with van der Waals surface area (Å²) in [6.07, 6.45) is 2.62. The summed E-state index contributed by atoms with van der Waals surface area (Å²) in [5.74, 6) is -0.184. The fourth-order valence-electron chi connectivity index (χ4n) is 2.59. The van der Waals surface area contributed by atoms with Crippen molar-refractivity contribution in [3.05, 3.63) is 59.5 Å². The number of aryl methyl sites for hydroxylation is 2. The van der Waals surface area contributed by atoms with E-state index in [-0.39, 0.29) is 23.1 Å². The van der Waals surface area contributed by atoms with Crippen LogP contribution in [0.2, 0.25) is 0 Å². The molecule has 0 atom stereocenters. The molecule has 3 rings (SSSR count). The fraction of sp³-hybridized carbons (Fsp3) is 0.211. The summed E-state index contributed by atoms with van der Waals surface area (Å²) in [7, 11) is -3.85. The molecule has 0 aliphatic rings. The number of benzene rings is 1. The number of sulfonamides is 1. The van der Waals surface area contributed by atoms with Crippen molar-refractivity contribution in [2.75, 3.05) is 10.0 Å². The summed E-state index contributed by atoms with van der Waals surface area (Å²) < 4.78 is 34.0. The number of hydrogen-bond donors (Lipinski definition) is 2. The number of carbonyl (C=O) groups is 2. The van der Waals surface area contributed by atoms with Crippen LogP contribution in [0.1, 0.15) is 28.2 Å². The first-order valence-corrected chi connectivity index (χ1v) is 10.2. The normalized spacial score (nSPS) is 11.2. The van der Waals surface area contributed by atoms with E-state index in [1.165, 1.54) is 24.3 Å². The molecule has 0 saturated carbocycles. The highest BCUT2D eigenvalue weighted by atomic mass is 32.2. The lowest BCUT2D eigenvalue weighted by Gasteiger charge is -2.09. The van der Waals surface area contributed by atoms with E-state index in [1.54, 1.807) is 36.7 Å². The maximum atomic E-state index is 12.5. The van der Waals surface area contributed by atoms with Crippen LogP contribution in [-0.4, -0.2) is 30.3 Å². The molecule has 29 heavy (non-hydrogen) atoms. The summed E-state index contributed by atoms with van der Waals surface area (Å²) in [5, 5.41) is 6.42. The summed E-state index contributed by atoms with van der Waals surface area (Å²) in [6, 6.07) is 9.16. The Morgan fingerprint density at radius 2 is 1.93 bits per heavy atom. The molecule has 0 aliphatic carbocycles. The first-order valence-electron chi connectivity index (χ1n) is 8.76. The van der Waals surface area contributed by atoms with Crippen LogP contribution in [0.3, 0.4) is 0 Å². The molecule has 2 N–H and O–H groups in total. The lowest BCUT2D eigenvalue weighted by atomic mass is 10.3. The van der Waals surface area contributed by atoms with E-state index in [9.17, 15) is 18.0 Å². The first-order chi connectivity index (χ1) is 13.8. The van der Waals surface area contributed by atoms with Crippen molar-refractivity contribution in [3.63, 3.8) is 0 Å². The van der Waals surface area contributed by atoms with E-state index in [0.717, 1.165) is 6.29 Å². The Morgan fingerprint density at radius 1 is 1.21 bits per heavy atom. The Bertz CT molecular complexity index is 1130. The molecule has 10 heteroatoms. The van der Waals surface area contributed by atoms with E-state index < -0.39 is 10.0 Å². The van der Waals surface area contributed by atoms with E-state index in [2.05, 4.69) is 15.2 Å². The van der Waals surface area contributed by atoms with Crippen molar-refractivity contribution in [2.24, 2.45) is 0 Å². The van der Waals surface area contributed by atoms with Crippen molar-refractivity contribution in [3.8, 4) is 0 Å². The zero-order chi connectivity index (χ0) is 21.0. The van der Waals surface area contributed by atoms with Crippen LogP contribution in [0.5, 0.6) is 0 Å². The molecule has 1 amide bonds. The molecule has 9 nitrogen and oxygen atoms in total.